The lowest BCUT2D eigenvalue weighted by Crippen LogP contribution is -2.02. The lowest BCUT2D eigenvalue weighted by Gasteiger charge is -2.10. The van der Waals surface area contributed by atoms with Crippen LogP contribution in [0.15, 0.2) is 33.5 Å². The average molecular weight is 361 g/mol. The Balaban J connectivity index is 2.15. The van der Waals surface area contributed by atoms with Crippen LogP contribution in [0.1, 0.15) is 5.82 Å². The van der Waals surface area contributed by atoms with Gasteiger partial charge in [0, 0.05) is 22.9 Å². The largest absolute Gasteiger partial charge is 0.495 e. The van der Waals surface area contributed by atoms with Crippen molar-refractivity contribution in [1.82, 2.24) is 9.97 Å². The predicted molar refractivity (Wildman–Crippen MR) is 74.3 cm³/mol. The van der Waals surface area contributed by atoms with Gasteiger partial charge in [-0.2, -0.15) is 0 Å². The molecule has 0 saturated carbocycles. The number of nitrogens with zero attached hydrogens (tertiary/aromatic N) is 1. The van der Waals surface area contributed by atoms with Crippen LogP contribution in [-0.4, -0.2) is 17.1 Å². The van der Waals surface area contributed by atoms with Crippen LogP contribution in [0.5, 0.6) is 5.75 Å². The third kappa shape index (κ3) is 3.01. The molecule has 2 rings (SSSR count). The third-order valence-corrected chi connectivity index (χ3v) is 3.52. The number of hydrogen-bond donors (Lipinski definition) is 2. The maximum absolute atomic E-state index is 5.25. The second-order valence-electron chi connectivity index (χ2n) is 3.36. The Morgan fingerprint density at radius 1 is 1.35 bits per heavy atom. The van der Waals surface area contributed by atoms with Crippen molar-refractivity contribution in [1.29, 1.82) is 0 Å². The zero-order valence-electron chi connectivity index (χ0n) is 9.13. The Labute approximate surface area is 116 Å². The van der Waals surface area contributed by atoms with Crippen LogP contribution < -0.4 is 10.1 Å². The molecule has 0 saturated heterocycles. The minimum atomic E-state index is 0.635. The van der Waals surface area contributed by atoms with E-state index >= 15 is 0 Å². The van der Waals surface area contributed by atoms with Crippen molar-refractivity contribution in [2.75, 3.05) is 12.4 Å². The normalized spacial score (nSPS) is 10.3. The number of H-pyrrole nitrogens is 1. The van der Waals surface area contributed by atoms with Crippen molar-refractivity contribution >= 4 is 37.5 Å². The van der Waals surface area contributed by atoms with Crippen LogP contribution in [-0.2, 0) is 6.54 Å². The zero-order valence-corrected chi connectivity index (χ0v) is 12.3. The van der Waals surface area contributed by atoms with Gasteiger partial charge in [0.1, 0.15) is 11.6 Å². The van der Waals surface area contributed by atoms with Gasteiger partial charge >= 0.3 is 0 Å². The van der Waals surface area contributed by atoms with E-state index in [1.807, 2.05) is 12.1 Å². The molecule has 2 aromatic rings. The number of rotatable bonds is 4. The molecule has 0 atom stereocenters. The number of anilines is 1. The molecular formula is C11H11Br2N3O. The van der Waals surface area contributed by atoms with Gasteiger partial charge in [0.25, 0.3) is 0 Å². The van der Waals surface area contributed by atoms with Crippen molar-refractivity contribution in [3.05, 3.63) is 39.3 Å². The molecule has 0 bridgehead atoms. The number of hydrogen-bond acceptors (Lipinski definition) is 3. The molecular weight excluding hydrogens is 350 g/mol. The molecule has 6 heteroatoms. The number of methoxy groups -OCH3 is 1. The van der Waals surface area contributed by atoms with Gasteiger partial charge in [-0.15, -0.1) is 0 Å². The minimum Gasteiger partial charge on any atom is -0.495 e. The van der Waals surface area contributed by atoms with Crippen LogP contribution in [0.3, 0.4) is 0 Å². The summed E-state index contributed by atoms with van der Waals surface area (Å²) in [4.78, 5) is 7.18. The molecule has 0 fully saturated rings. The molecule has 0 unspecified atom stereocenters. The minimum absolute atomic E-state index is 0.635. The smallest absolute Gasteiger partial charge is 0.135 e. The predicted octanol–water partition coefficient (Wildman–Crippen LogP) is 3.56. The van der Waals surface area contributed by atoms with Crippen LogP contribution in [0.2, 0.25) is 0 Å². The summed E-state index contributed by atoms with van der Waals surface area (Å²) in [5, 5.41) is 3.28. The standard InChI is InChI=1S/C11H11Br2N3O/c1-17-10-5-9(7(12)4-8(10)13)16-6-11-14-2-3-15-11/h2-5,16H,6H2,1H3,(H,14,15). The molecule has 4 nitrogen and oxygen atoms in total. The number of nitrogens with one attached hydrogen (secondary N) is 2. The fourth-order valence-corrected chi connectivity index (χ4v) is 2.69. The summed E-state index contributed by atoms with van der Waals surface area (Å²) in [5.74, 6) is 1.67. The monoisotopic (exact) mass is 359 g/mol. The van der Waals surface area contributed by atoms with Gasteiger partial charge in [0.15, 0.2) is 0 Å². The first-order valence-electron chi connectivity index (χ1n) is 4.96. The molecule has 0 spiro atoms. The maximum Gasteiger partial charge on any atom is 0.135 e. The summed E-state index contributed by atoms with van der Waals surface area (Å²) in [7, 11) is 1.64. The van der Waals surface area contributed by atoms with Crippen molar-refractivity contribution in [3.63, 3.8) is 0 Å². The van der Waals surface area contributed by atoms with Gasteiger partial charge in [0.2, 0.25) is 0 Å². The number of imidazole rings is 1. The number of halogens is 2. The quantitative estimate of drug-likeness (QED) is 0.876. The van der Waals surface area contributed by atoms with Crippen molar-refractivity contribution < 1.29 is 4.74 Å². The zero-order chi connectivity index (χ0) is 12.3. The van der Waals surface area contributed by atoms with E-state index in [2.05, 4.69) is 47.1 Å². The molecule has 0 amide bonds. The molecule has 1 aromatic heterocycles. The molecule has 1 aromatic carbocycles. The highest BCUT2D eigenvalue weighted by atomic mass is 79.9. The summed E-state index contributed by atoms with van der Waals surface area (Å²) in [6.45, 7) is 0.635. The van der Waals surface area contributed by atoms with Gasteiger partial charge in [-0.3, -0.25) is 0 Å². The summed E-state index contributed by atoms with van der Waals surface area (Å²) >= 11 is 6.93. The van der Waals surface area contributed by atoms with Gasteiger partial charge in [-0.05, 0) is 37.9 Å². The first-order chi connectivity index (χ1) is 8.20. The fraction of sp³-hybridized carbons (Fsp3) is 0.182. The Morgan fingerprint density at radius 3 is 2.82 bits per heavy atom. The maximum atomic E-state index is 5.25. The molecule has 17 heavy (non-hydrogen) atoms. The molecule has 0 aliphatic heterocycles. The lowest BCUT2D eigenvalue weighted by atomic mass is 10.3. The van der Waals surface area contributed by atoms with Crippen molar-refractivity contribution in [2.45, 2.75) is 6.54 Å². The fourth-order valence-electron chi connectivity index (χ4n) is 1.39. The van der Waals surface area contributed by atoms with Gasteiger partial charge in [0.05, 0.1) is 23.8 Å². The number of ether oxygens (including phenoxy) is 1. The first-order valence-corrected chi connectivity index (χ1v) is 6.54. The topological polar surface area (TPSA) is 49.9 Å². The highest BCUT2D eigenvalue weighted by molar-refractivity contribution is 9.11. The molecule has 0 aliphatic carbocycles. The van der Waals surface area contributed by atoms with E-state index in [9.17, 15) is 0 Å². The highest BCUT2D eigenvalue weighted by Gasteiger charge is 2.07. The molecule has 1 heterocycles. The Kier molecular flexibility index (Phi) is 4.06. The highest BCUT2D eigenvalue weighted by Crippen LogP contribution is 2.34. The molecule has 0 aliphatic rings. The second-order valence-corrected chi connectivity index (χ2v) is 5.06. The summed E-state index contributed by atoms with van der Waals surface area (Å²) in [6, 6.07) is 3.88. The van der Waals surface area contributed by atoms with E-state index in [4.69, 9.17) is 4.74 Å². The molecule has 90 valence electrons. The summed E-state index contributed by atoms with van der Waals surface area (Å²) in [5.41, 5.74) is 0.960. The van der Waals surface area contributed by atoms with E-state index in [0.29, 0.717) is 6.54 Å². The van der Waals surface area contributed by atoms with Crippen LogP contribution >= 0.6 is 31.9 Å². The first kappa shape index (κ1) is 12.4. The van der Waals surface area contributed by atoms with E-state index in [1.165, 1.54) is 0 Å². The third-order valence-electron chi connectivity index (χ3n) is 2.24. The Morgan fingerprint density at radius 2 is 2.18 bits per heavy atom. The van der Waals surface area contributed by atoms with E-state index < -0.39 is 0 Å². The lowest BCUT2D eigenvalue weighted by molar-refractivity contribution is 0.412. The number of benzene rings is 1. The van der Waals surface area contributed by atoms with Crippen LogP contribution in [0.25, 0.3) is 0 Å². The Hall–Kier alpha value is -1.01. The van der Waals surface area contributed by atoms with E-state index in [0.717, 1.165) is 26.2 Å². The number of aromatic amines is 1. The van der Waals surface area contributed by atoms with E-state index in [-0.39, 0.29) is 0 Å². The van der Waals surface area contributed by atoms with Crippen molar-refractivity contribution in [2.24, 2.45) is 0 Å². The van der Waals surface area contributed by atoms with Gasteiger partial charge in [-0.25, -0.2) is 4.98 Å². The SMILES string of the molecule is COc1cc(NCc2ncc[nH]2)c(Br)cc1Br. The summed E-state index contributed by atoms with van der Waals surface area (Å²) in [6.07, 6.45) is 3.53. The molecule has 2 N–H and O–H groups in total. The van der Waals surface area contributed by atoms with Gasteiger partial charge < -0.3 is 15.0 Å². The molecule has 0 radical (unpaired) electrons. The second kappa shape index (κ2) is 5.55. The van der Waals surface area contributed by atoms with Crippen molar-refractivity contribution in [3.8, 4) is 5.75 Å². The van der Waals surface area contributed by atoms with Gasteiger partial charge in [-0.1, -0.05) is 0 Å². The van der Waals surface area contributed by atoms with E-state index in [1.54, 1.807) is 19.5 Å². The Bertz CT molecular complexity index is 500. The van der Waals surface area contributed by atoms with Crippen LogP contribution in [0, 0.1) is 0 Å². The van der Waals surface area contributed by atoms with Crippen LogP contribution in [0.4, 0.5) is 5.69 Å². The number of aromatic nitrogens is 2. The summed E-state index contributed by atoms with van der Waals surface area (Å²) < 4.78 is 7.13. The average Bonchev–Trinajstić information content (AvgIpc) is 2.81.